The average molecular weight is 277 g/mol. The third-order valence-electron chi connectivity index (χ3n) is 3.64. The quantitative estimate of drug-likeness (QED) is 0.675. The zero-order valence-corrected chi connectivity index (χ0v) is 12.5. The molecule has 0 aliphatic carbocycles. The first-order chi connectivity index (χ1) is 9.33. The van der Waals surface area contributed by atoms with Crippen molar-refractivity contribution >= 4 is 17.3 Å². The van der Waals surface area contributed by atoms with Gasteiger partial charge in [-0.05, 0) is 49.5 Å². The van der Waals surface area contributed by atoms with E-state index in [0.717, 1.165) is 18.2 Å². The largest absolute Gasteiger partial charge is 0.363 e. The molecule has 1 saturated heterocycles. The van der Waals surface area contributed by atoms with Crippen molar-refractivity contribution in [3.8, 4) is 0 Å². The van der Waals surface area contributed by atoms with E-state index in [2.05, 4.69) is 28.2 Å². The Kier molecular flexibility index (Phi) is 5.58. The van der Waals surface area contributed by atoms with Crippen LogP contribution in [0.4, 0.5) is 0 Å². The summed E-state index contributed by atoms with van der Waals surface area (Å²) in [5.41, 5.74) is 1.28. The Bertz CT molecular complexity index is 394. The van der Waals surface area contributed by atoms with Crippen molar-refractivity contribution in [3.05, 3.63) is 30.1 Å². The van der Waals surface area contributed by atoms with E-state index in [1.165, 1.54) is 37.7 Å². The number of pyridine rings is 1. The van der Waals surface area contributed by atoms with Crippen LogP contribution in [0, 0.1) is 0 Å². The second-order valence-electron chi connectivity index (χ2n) is 5.08. The highest BCUT2D eigenvalue weighted by Gasteiger charge is 2.25. The Hall–Kier alpha value is -1.16. The molecule has 0 aromatic carbocycles. The summed E-state index contributed by atoms with van der Waals surface area (Å²) in [5, 5.41) is 4.29. The van der Waals surface area contributed by atoms with Crippen molar-refractivity contribution in [2.75, 3.05) is 13.1 Å². The predicted molar refractivity (Wildman–Crippen MR) is 83.0 cm³/mol. The van der Waals surface area contributed by atoms with Crippen molar-refractivity contribution in [2.24, 2.45) is 0 Å². The number of thiocarbonyl (C=S) groups is 1. The van der Waals surface area contributed by atoms with Crippen molar-refractivity contribution in [1.82, 2.24) is 15.2 Å². The van der Waals surface area contributed by atoms with Crippen LogP contribution in [-0.2, 0) is 0 Å². The minimum Gasteiger partial charge on any atom is -0.363 e. The molecule has 1 N–H and O–H groups in total. The van der Waals surface area contributed by atoms with Crippen molar-refractivity contribution in [2.45, 2.75) is 45.1 Å². The van der Waals surface area contributed by atoms with E-state index >= 15 is 0 Å². The fourth-order valence-corrected chi connectivity index (χ4v) is 2.89. The smallest absolute Gasteiger partial charge is 0.169 e. The van der Waals surface area contributed by atoms with E-state index in [-0.39, 0.29) is 0 Å². The molecule has 0 bridgehead atoms. The standard InChI is InChI=1S/C15H23N3S/c1-2-3-10-17-15(19)18-11-5-4-8-14(18)13-7-6-9-16-12-13/h6-7,9,12,14H,2-5,8,10-11H2,1H3,(H,17,19)/t14-/m0/s1. The normalized spacial score (nSPS) is 19.2. The summed E-state index contributed by atoms with van der Waals surface area (Å²) in [6.07, 6.45) is 9.83. The minimum absolute atomic E-state index is 0.393. The maximum Gasteiger partial charge on any atom is 0.169 e. The summed E-state index contributed by atoms with van der Waals surface area (Å²) in [6.45, 7) is 4.23. The van der Waals surface area contributed by atoms with Crippen LogP contribution in [0.5, 0.6) is 0 Å². The molecule has 1 fully saturated rings. The summed E-state index contributed by atoms with van der Waals surface area (Å²) in [7, 11) is 0. The number of piperidine rings is 1. The maximum absolute atomic E-state index is 5.56. The molecule has 0 spiro atoms. The fraction of sp³-hybridized carbons (Fsp3) is 0.600. The van der Waals surface area contributed by atoms with Gasteiger partial charge in [0.15, 0.2) is 5.11 Å². The van der Waals surface area contributed by atoms with Gasteiger partial charge in [0.05, 0.1) is 6.04 Å². The molecular weight excluding hydrogens is 254 g/mol. The lowest BCUT2D eigenvalue weighted by Crippen LogP contribution is -2.44. The monoisotopic (exact) mass is 277 g/mol. The van der Waals surface area contributed by atoms with E-state index in [0.29, 0.717) is 6.04 Å². The average Bonchev–Trinajstić information content (AvgIpc) is 2.48. The highest BCUT2D eigenvalue weighted by atomic mass is 32.1. The molecule has 104 valence electrons. The van der Waals surface area contributed by atoms with Crippen molar-refractivity contribution in [1.29, 1.82) is 0 Å². The third kappa shape index (κ3) is 3.90. The Morgan fingerprint density at radius 1 is 1.53 bits per heavy atom. The van der Waals surface area contributed by atoms with E-state index in [1.807, 2.05) is 18.5 Å². The second kappa shape index (κ2) is 7.43. The van der Waals surface area contributed by atoms with Crippen LogP contribution in [0.15, 0.2) is 24.5 Å². The molecule has 0 amide bonds. The van der Waals surface area contributed by atoms with Gasteiger partial charge in [-0.3, -0.25) is 4.98 Å². The van der Waals surface area contributed by atoms with Crippen molar-refractivity contribution in [3.63, 3.8) is 0 Å². The summed E-state index contributed by atoms with van der Waals surface area (Å²) in [6, 6.07) is 4.56. The van der Waals surface area contributed by atoms with Gasteiger partial charge < -0.3 is 10.2 Å². The number of aromatic nitrogens is 1. The molecule has 0 unspecified atom stereocenters. The molecule has 1 aromatic heterocycles. The van der Waals surface area contributed by atoms with Gasteiger partial charge in [0.25, 0.3) is 0 Å². The fourth-order valence-electron chi connectivity index (χ4n) is 2.57. The summed E-state index contributed by atoms with van der Waals surface area (Å²) >= 11 is 5.56. The van der Waals surface area contributed by atoms with E-state index in [4.69, 9.17) is 12.2 Å². The Morgan fingerprint density at radius 3 is 3.16 bits per heavy atom. The lowest BCUT2D eigenvalue weighted by molar-refractivity contribution is 0.242. The molecule has 19 heavy (non-hydrogen) atoms. The first-order valence-electron chi connectivity index (χ1n) is 7.27. The molecule has 1 atom stereocenters. The molecule has 2 heterocycles. The molecule has 1 aliphatic rings. The highest BCUT2D eigenvalue weighted by Crippen LogP contribution is 2.30. The van der Waals surface area contributed by atoms with Gasteiger partial charge in [0, 0.05) is 25.5 Å². The predicted octanol–water partition coefficient (Wildman–Crippen LogP) is 3.28. The minimum atomic E-state index is 0.393. The number of rotatable bonds is 4. The van der Waals surface area contributed by atoms with Gasteiger partial charge in [0.1, 0.15) is 0 Å². The number of unbranched alkanes of at least 4 members (excludes halogenated alkanes) is 1. The van der Waals surface area contributed by atoms with Crippen LogP contribution >= 0.6 is 12.2 Å². The van der Waals surface area contributed by atoms with Gasteiger partial charge >= 0.3 is 0 Å². The second-order valence-corrected chi connectivity index (χ2v) is 5.46. The van der Waals surface area contributed by atoms with E-state index in [1.54, 1.807) is 0 Å². The number of nitrogens with one attached hydrogen (secondary N) is 1. The molecule has 1 aromatic rings. The van der Waals surface area contributed by atoms with Crippen LogP contribution in [0.3, 0.4) is 0 Å². The zero-order valence-electron chi connectivity index (χ0n) is 11.6. The van der Waals surface area contributed by atoms with Gasteiger partial charge in [-0.2, -0.15) is 0 Å². The Balaban J connectivity index is 2.01. The third-order valence-corrected chi connectivity index (χ3v) is 4.02. The van der Waals surface area contributed by atoms with Gasteiger partial charge in [-0.1, -0.05) is 19.4 Å². The molecule has 1 aliphatic heterocycles. The molecule has 3 nitrogen and oxygen atoms in total. The lowest BCUT2D eigenvalue weighted by Gasteiger charge is -2.37. The van der Waals surface area contributed by atoms with Crippen molar-refractivity contribution < 1.29 is 0 Å². The molecule has 2 rings (SSSR count). The van der Waals surface area contributed by atoms with Crippen LogP contribution in [0.2, 0.25) is 0 Å². The maximum atomic E-state index is 5.56. The van der Waals surface area contributed by atoms with E-state index < -0.39 is 0 Å². The number of hydrogen-bond acceptors (Lipinski definition) is 2. The van der Waals surface area contributed by atoms with Crippen LogP contribution in [0.25, 0.3) is 0 Å². The summed E-state index contributed by atoms with van der Waals surface area (Å²) in [5.74, 6) is 0. The topological polar surface area (TPSA) is 28.2 Å². The Morgan fingerprint density at radius 2 is 2.42 bits per heavy atom. The first-order valence-corrected chi connectivity index (χ1v) is 7.68. The van der Waals surface area contributed by atoms with Crippen LogP contribution in [-0.4, -0.2) is 28.1 Å². The summed E-state index contributed by atoms with van der Waals surface area (Å²) < 4.78 is 0. The van der Waals surface area contributed by atoms with Gasteiger partial charge in [-0.25, -0.2) is 0 Å². The molecule has 4 heteroatoms. The number of nitrogens with zero attached hydrogens (tertiary/aromatic N) is 2. The molecular formula is C15H23N3S. The number of hydrogen-bond donors (Lipinski definition) is 1. The van der Waals surface area contributed by atoms with Gasteiger partial charge in [-0.15, -0.1) is 0 Å². The number of likely N-dealkylation sites (tertiary alicyclic amines) is 1. The molecule has 0 saturated carbocycles. The summed E-state index contributed by atoms with van der Waals surface area (Å²) in [4.78, 5) is 6.58. The van der Waals surface area contributed by atoms with Crippen LogP contribution in [0.1, 0.15) is 50.6 Å². The zero-order chi connectivity index (χ0) is 13.5. The van der Waals surface area contributed by atoms with E-state index in [9.17, 15) is 0 Å². The highest BCUT2D eigenvalue weighted by molar-refractivity contribution is 7.80. The first kappa shape index (κ1) is 14.3. The molecule has 0 radical (unpaired) electrons. The lowest BCUT2D eigenvalue weighted by atomic mass is 9.97. The SMILES string of the molecule is CCCCNC(=S)N1CCCC[C@H]1c1cccnc1. The Labute approximate surface area is 121 Å². The van der Waals surface area contributed by atoms with Crippen LogP contribution < -0.4 is 5.32 Å². The van der Waals surface area contributed by atoms with Gasteiger partial charge in [0.2, 0.25) is 0 Å².